The van der Waals surface area contributed by atoms with Gasteiger partial charge in [-0.25, -0.2) is 13.2 Å². The van der Waals surface area contributed by atoms with Gasteiger partial charge in [-0.15, -0.1) is 0 Å². The zero-order chi connectivity index (χ0) is 18.5. The van der Waals surface area contributed by atoms with Gasteiger partial charge in [-0.1, -0.05) is 67.6 Å². The van der Waals surface area contributed by atoms with E-state index in [2.05, 4.69) is 19.1 Å². The van der Waals surface area contributed by atoms with Crippen LogP contribution in [-0.4, -0.2) is 0 Å². The van der Waals surface area contributed by atoms with Crippen molar-refractivity contribution in [3.05, 3.63) is 106 Å². The molecule has 0 saturated carbocycles. The zero-order valence-corrected chi connectivity index (χ0v) is 14.4. The Hall–Kier alpha value is -2.81. The van der Waals surface area contributed by atoms with Gasteiger partial charge in [0.15, 0.2) is 11.6 Å². The summed E-state index contributed by atoms with van der Waals surface area (Å²) in [7, 11) is 0. The van der Waals surface area contributed by atoms with Crippen molar-refractivity contribution in [1.82, 2.24) is 0 Å². The fourth-order valence-electron chi connectivity index (χ4n) is 2.89. The van der Waals surface area contributed by atoms with E-state index < -0.39 is 11.6 Å². The summed E-state index contributed by atoms with van der Waals surface area (Å²) >= 11 is 0. The van der Waals surface area contributed by atoms with E-state index in [-0.39, 0.29) is 5.82 Å². The van der Waals surface area contributed by atoms with Crippen LogP contribution in [0, 0.1) is 17.5 Å². The first-order valence-electron chi connectivity index (χ1n) is 8.49. The van der Waals surface area contributed by atoms with Gasteiger partial charge in [0.05, 0.1) is 0 Å². The van der Waals surface area contributed by atoms with Crippen molar-refractivity contribution < 1.29 is 13.2 Å². The van der Waals surface area contributed by atoms with Crippen molar-refractivity contribution in [3.8, 4) is 0 Å². The average molecular weight is 352 g/mol. The molecule has 0 unspecified atom stereocenters. The Morgan fingerprint density at radius 1 is 0.769 bits per heavy atom. The largest absolute Gasteiger partial charge is 0.206 e. The molecule has 0 bridgehead atoms. The fourth-order valence-corrected chi connectivity index (χ4v) is 2.89. The first-order chi connectivity index (χ1) is 12.5. The maximum atomic E-state index is 14.4. The van der Waals surface area contributed by atoms with Crippen LogP contribution in [0.4, 0.5) is 13.2 Å². The van der Waals surface area contributed by atoms with E-state index in [1.807, 2.05) is 24.3 Å². The van der Waals surface area contributed by atoms with Gasteiger partial charge in [0.25, 0.3) is 0 Å². The van der Waals surface area contributed by atoms with E-state index in [9.17, 15) is 13.2 Å². The molecule has 0 aliphatic rings. The molecule has 3 rings (SSSR count). The average Bonchev–Trinajstić information content (AvgIpc) is 2.64. The van der Waals surface area contributed by atoms with Crippen molar-refractivity contribution in [2.75, 3.05) is 0 Å². The molecule has 0 radical (unpaired) electrons. The second kappa shape index (κ2) is 8.05. The maximum Gasteiger partial charge on any atom is 0.159 e. The van der Waals surface area contributed by atoms with Crippen LogP contribution < -0.4 is 0 Å². The molecule has 0 nitrogen and oxygen atoms in total. The van der Waals surface area contributed by atoms with Gasteiger partial charge in [-0.2, -0.15) is 0 Å². The lowest BCUT2D eigenvalue weighted by Crippen LogP contribution is -1.99. The van der Waals surface area contributed by atoms with Gasteiger partial charge < -0.3 is 0 Å². The van der Waals surface area contributed by atoms with E-state index in [4.69, 9.17) is 0 Å². The van der Waals surface area contributed by atoms with E-state index in [0.717, 1.165) is 24.1 Å². The summed E-state index contributed by atoms with van der Waals surface area (Å²) in [6, 6.07) is 18.8. The van der Waals surface area contributed by atoms with E-state index in [1.165, 1.54) is 17.7 Å². The van der Waals surface area contributed by atoms with E-state index >= 15 is 0 Å². The molecule has 0 N–H and O–H groups in total. The van der Waals surface area contributed by atoms with Crippen molar-refractivity contribution in [2.45, 2.75) is 19.3 Å². The minimum Gasteiger partial charge on any atom is -0.206 e. The third-order valence-electron chi connectivity index (χ3n) is 4.37. The molecule has 0 amide bonds. The summed E-state index contributed by atoms with van der Waals surface area (Å²) in [4.78, 5) is 0. The quantitative estimate of drug-likeness (QED) is 0.453. The molecule has 0 spiro atoms. The van der Waals surface area contributed by atoms with Crippen LogP contribution in [0.5, 0.6) is 0 Å². The zero-order valence-electron chi connectivity index (χ0n) is 14.4. The number of hydrogen-bond acceptors (Lipinski definition) is 0. The third-order valence-corrected chi connectivity index (χ3v) is 4.37. The van der Waals surface area contributed by atoms with Gasteiger partial charge in [0.1, 0.15) is 5.82 Å². The summed E-state index contributed by atoms with van der Waals surface area (Å²) in [5, 5.41) is 0. The molecule has 0 heterocycles. The molecule has 0 aromatic heterocycles. The minimum atomic E-state index is -0.919. The molecular weight excluding hydrogens is 333 g/mol. The lowest BCUT2D eigenvalue weighted by atomic mass is 9.93. The Kier molecular flexibility index (Phi) is 5.57. The van der Waals surface area contributed by atoms with Crippen LogP contribution in [0.25, 0.3) is 12.2 Å². The van der Waals surface area contributed by atoms with E-state index in [0.29, 0.717) is 17.0 Å². The van der Waals surface area contributed by atoms with Crippen LogP contribution in [0.1, 0.15) is 35.1 Å². The number of hydrogen-bond donors (Lipinski definition) is 0. The predicted molar refractivity (Wildman–Crippen MR) is 100 cm³/mol. The normalized spacial score (nSPS) is 12.5. The smallest absolute Gasteiger partial charge is 0.159 e. The first kappa shape index (κ1) is 18.0. The highest BCUT2D eigenvalue weighted by Gasteiger charge is 2.08. The minimum absolute atomic E-state index is 0.291. The van der Waals surface area contributed by atoms with Gasteiger partial charge in [-0.3, -0.25) is 0 Å². The molecule has 132 valence electrons. The second-order valence-electron chi connectivity index (χ2n) is 6.38. The van der Waals surface area contributed by atoms with Crippen molar-refractivity contribution in [3.63, 3.8) is 0 Å². The number of benzene rings is 3. The Labute approximate surface area is 151 Å². The van der Waals surface area contributed by atoms with Crippen molar-refractivity contribution >= 4 is 12.2 Å². The Balaban J connectivity index is 1.73. The van der Waals surface area contributed by atoms with Crippen LogP contribution in [0.15, 0.2) is 66.7 Å². The molecule has 1 atom stereocenters. The molecular formula is C23H19F3. The lowest BCUT2D eigenvalue weighted by molar-refractivity contribution is 0.508. The van der Waals surface area contributed by atoms with Crippen molar-refractivity contribution in [2.24, 2.45) is 0 Å². The monoisotopic (exact) mass is 352 g/mol. The maximum absolute atomic E-state index is 14.4. The summed E-state index contributed by atoms with van der Waals surface area (Å²) in [6.45, 7) is 2.12. The van der Waals surface area contributed by atoms with Gasteiger partial charge >= 0.3 is 0 Å². The van der Waals surface area contributed by atoms with Crippen LogP contribution in [0.3, 0.4) is 0 Å². The molecule has 0 aliphatic heterocycles. The van der Waals surface area contributed by atoms with E-state index in [1.54, 1.807) is 18.2 Å². The Morgan fingerprint density at radius 3 is 2.23 bits per heavy atom. The van der Waals surface area contributed by atoms with Crippen LogP contribution >= 0.6 is 0 Å². The summed E-state index contributed by atoms with van der Waals surface area (Å²) in [6.07, 6.45) is 3.87. The fraction of sp³-hybridized carbons (Fsp3) is 0.130. The number of rotatable bonds is 5. The molecule has 26 heavy (non-hydrogen) atoms. The standard InChI is InChI=1S/C23H19F3/c1-16(19-5-3-2-4-6-19)13-18-8-11-20(22(25)15-18)10-7-17-9-12-21(24)23(26)14-17/h2-12,14-16H,13H2,1H3/t16-/m1/s1. The van der Waals surface area contributed by atoms with Gasteiger partial charge in [-0.05, 0) is 47.2 Å². The predicted octanol–water partition coefficient (Wildman–Crippen LogP) is 6.62. The highest BCUT2D eigenvalue weighted by atomic mass is 19.2. The SMILES string of the molecule is C[C@H](Cc1ccc(C=Cc2ccc(F)c(F)c2)c(F)c1)c1ccccc1. The Bertz CT molecular complexity index is 914. The summed E-state index contributed by atoms with van der Waals surface area (Å²) < 4.78 is 40.5. The second-order valence-corrected chi connectivity index (χ2v) is 6.38. The molecule has 0 saturated heterocycles. The topological polar surface area (TPSA) is 0 Å². The van der Waals surface area contributed by atoms with Crippen molar-refractivity contribution in [1.29, 1.82) is 0 Å². The van der Waals surface area contributed by atoms with Crippen LogP contribution in [-0.2, 0) is 6.42 Å². The van der Waals surface area contributed by atoms with Gasteiger partial charge in [0, 0.05) is 5.56 Å². The van der Waals surface area contributed by atoms with Crippen LogP contribution in [0.2, 0.25) is 0 Å². The molecule has 3 aromatic carbocycles. The Morgan fingerprint density at radius 2 is 1.54 bits per heavy atom. The first-order valence-corrected chi connectivity index (χ1v) is 8.49. The molecule has 3 aromatic rings. The lowest BCUT2D eigenvalue weighted by Gasteiger charge is -2.12. The summed E-state index contributed by atoms with van der Waals surface area (Å²) in [5.74, 6) is -1.86. The van der Waals surface area contributed by atoms with Gasteiger partial charge in [0.2, 0.25) is 0 Å². The molecule has 0 fully saturated rings. The summed E-state index contributed by atoms with van der Waals surface area (Å²) in [5.41, 5.74) is 3.02. The number of halogens is 3. The third kappa shape index (κ3) is 4.42. The highest BCUT2D eigenvalue weighted by Crippen LogP contribution is 2.22. The molecule has 3 heteroatoms. The molecule has 0 aliphatic carbocycles. The highest BCUT2D eigenvalue weighted by molar-refractivity contribution is 5.70.